The summed E-state index contributed by atoms with van der Waals surface area (Å²) in [6, 6.07) is 1.69. The Morgan fingerprint density at radius 3 is 2.75 bits per heavy atom. The molecule has 0 aliphatic carbocycles. The highest BCUT2D eigenvalue weighted by Crippen LogP contribution is 2.05. The zero-order valence-electron chi connectivity index (χ0n) is 12.7. The van der Waals surface area contributed by atoms with E-state index in [0.29, 0.717) is 37.3 Å². The Labute approximate surface area is 120 Å². The molecule has 0 radical (unpaired) electrons. The summed E-state index contributed by atoms with van der Waals surface area (Å²) < 4.78 is 4.95. The Kier molecular flexibility index (Phi) is 6.93. The molecule has 2 N–H and O–H groups in total. The summed E-state index contributed by atoms with van der Waals surface area (Å²) in [5, 5.41) is 5.90. The molecule has 0 unspecified atom stereocenters. The summed E-state index contributed by atoms with van der Waals surface area (Å²) >= 11 is 0. The van der Waals surface area contributed by atoms with Crippen molar-refractivity contribution in [2.75, 3.05) is 32.1 Å². The van der Waals surface area contributed by atoms with Gasteiger partial charge in [0.15, 0.2) is 0 Å². The molecule has 0 aliphatic heterocycles. The lowest BCUT2D eigenvalue weighted by Gasteiger charge is -2.09. The molecule has 0 bridgehead atoms. The third-order valence-electron chi connectivity index (χ3n) is 2.68. The average molecular weight is 280 g/mol. The summed E-state index contributed by atoms with van der Waals surface area (Å²) in [5.74, 6) is 0.857. The molecule has 20 heavy (non-hydrogen) atoms. The number of methoxy groups -OCH3 is 1. The van der Waals surface area contributed by atoms with Crippen molar-refractivity contribution in [3.05, 3.63) is 17.5 Å². The molecule has 6 heteroatoms. The molecule has 0 spiro atoms. The maximum Gasteiger partial charge on any atom is 0.270 e. The number of aryl methyl sites for hydroxylation is 1. The highest BCUT2D eigenvalue weighted by Gasteiger charge is 2.10. The van der Waals surface area contributed by atoms with Gasteiger partial charge < -0.3 is 15.4 Å². The SMILES string of the molecule is COCCNc1nc(C)cc(C(=O)NCCC(C)C)n1. The van der Waals surface area contributed by atoms with E-state index in [4.69, 9.17) is 4.74 Å². The number of nitrogens with zero attached hydrogens (tertiary/aromatic N) is 2. The first-order valence-electron chi connectivity index (χ1n) is 6.89. The van der Waals surface area contributed by atoms with Gasteiger partial charge in [-0.25, -0.2) is 9.97 Å². The van der Waals surface area contributed by atoms with Gasteiger partial charge in [0, 0.05) is 25.9 Å². The van der Waals surface area contributed by atoms with Crippen LogP contribution in [0.3, 0.4) is 0 Å². The van der Waals surface area contributed by atoms with Crippen molar-refractivity contribution in [2.45, 2.75) is 27.2 Å². The van der Waals surface area contributed by atoms with Crippen LogP contribution in [0.25, 0.3) is 0 Å². The van der Waals surface area contributed by atoms with E-state index < -0.39 is 0 Å². The molecule has 0 aliphatic rings. The molecular formula is C14H24N4O2. The number of anilines is 1. The highest BCUT2D eigenvalue weighted by atomic mass is 16.5. The molecule has 1 amide bonds. The quantitative estimate of drug-likeness (QED) is 0.708. The van der Waals surface area contributed by atoms with Crippen LogP contribution in [0, 0.1) is 12.8 Å². The maximum atomic E-state index is 12.0. The molecule has 112 valence electrons. The molecule has 1 heterocycles. The van der Waals surface area contributed by atoms with E-state index in [9.17, 15) is 4.79 Å². The Bertz CT molecular complexity index is 435. The molecule has 1 aromatic rings. The van der Waals surface area contributed by atoms with E-state index in [-0.39, 0.29) is 5.91 Å². The van der Waals surface area contributed by atoms with E-state index in [2.05, 4.69) is 34.4 Å². The van der Waals surface area contributed by atoms with Gasteiger partial charge in [-0.2, -0.15) is 0 Å². The molecule has 0 saturated heterocycles. The predicted molar refractivity (Wildman–Crippen MR) is 78.9 cm³/mol. The number of carbonyl (C=O) groups excluding carboxylic acids is 1. The average Bonchev–Trinajstić information content (AvgIpc) is 2.38. The van der Waals surface area contributed by atoms with Gasteiger partial charge >= 0.3 is 0 Å². The topological polar surface area (TPSA) is 76.1 Å². The monoisotopic (exact) mass is 280 g/mol. The van der Waals surface area contributed by atoms with Gasteiger partial charge in [0.2, 0.25) is 5.95 Å². The number of amides is 1. The number of aromatic nitrogens is 2. The minimum absolute atomic E-state index is 0.161. The van der Waals surface area contributed by atoms with Crippen molar-refractivity contribution < 1.29 is 9.53 Å². The van der Waals surface area contributed by atoms with Crippen LogP contribution >= 0.6 is 0 Å². The van der Waals surface area contributed by atoms with Gasteiger partial charge in [-0.15, -0.1) is 0 Å². The minimum atomic E-state index is -0.161. The summed E-state index contributed by atoms with van der Waals surface area (Å²) in [6.07, 6.45) is 0.953. The first-order valence-corrected chi connectivity index (χ1v) is 6.89. The number of ether oxygens (including phenoxy) is 1. The van der Waals surface area contributed by atoms with E-state index in [1.807, 2.05) is 6.92 Å². The molecule has 6 nitrogen and oxygen atoms in total. The van der Waals surface area contributed by atoms with E-state index in [1.165, 1.54) is 0 Å². The highest BCUT2D eigenvalue weighted by molar-refractivity contribution is 5.92. The summed E-state index contributed by atoms with van der Waals surface area (Å²) in [4.78, 5) is 20.5. The second kappa shape index (κ2) is 8.47. The molecule has 0 fully saturated rings. The lowest BCUT2D eigenvalue weighted by Crippen LogP contribution is -2.27. The molecule has 0 saturated carbocycles. The van der Waals surface area contributed by atoms with Crippen molar-refractivity contribution in [1.29, 1.82) is 0 Å². The van der Waals surface area contributed by atoms with Gasteiger partial charge in [0.1, 0.15) is 5.69 Å². The number of rotatable bonds is 8. The first kappa shape index (κ1) is 16.4. The van der Waals surface area contributed by atoms with Crippen molar-refractivity contribution in [3.8, 4) is 0 Å². The van der Waals surface area contributed by atoms with Gasteiger partial charge in [0.05, 0.1) is 6.61 Å². The van der Waals surface area contributed by atoms with Crippen molar-refractivity contribution >= 4 is 11.9 Å². The first-order chi connectivity index (χ1) is 9.52. The Morgan fingerprint density at radius 1 is 1.35 bits per heavy atom. The fourth-order valence-electron chi connectivity index (χ4n) is 1.59. The molecule has 0 aromatic carbocycles. The summed E-state index contributed by atoms with van der Waals surface area (Å²) in [6.45, 7) is 7.92. The largest absolute Gasteiger partial charge is 0.383 e. The number of hydrogen-bond donors (Lipinski definition) is 2. The second-order valence-corrected chi connectivity index (χ2v) is 5.08. The van der Waals surface area contributed by atoms with Crippen LogP contribution in [0.2, 0.25) is 0 Å². The number of carbonyl (C=O) groups is 1. The molecular weight excluding hydrogens is 256 g/mol. The van der Waals surface area contributed by atoms with Gasteiger partial charge in [-0.3, -0.25) is 4.79 Å². The molecule has 1 rings (SSSR count). The van der Waals surface area contributed by atoms with Crippen LogP contribution in [0.5, 0.6) is 0 Å². The van der Waals surface area contributed by atoms with Crippen LogP contribution in [-0.4, -0.2) is 42.7 Å². The Morgan fingerprint density at radius 2 is 2.10 bits per heavy atom. The Hall–Kier alpha value is -1.69. The second-order valence-electron chi connectivity index (χ2n) is 5.08. The van der Waals surface area contributed by atoms with Crippen LogP contribution in [0.1, 0.15) is 36.5 Å². The van der Waals surface area contributed by atoms with Gasteiger partial charge in [-0.05, 0) is 25.3 Å². The fourth-order valence-corrected chi connectivity index (χ4v) is 1.59. The smallest absolute Gasteiger partial charge is 0.270 e. The van der Waals surface area contributed by atoms with Crippen LogP contribution in [0.15, 0.2) is 6.07 Å². The van der Waals surface area contributed by atoms with Crippen molar-refractivity contribution in [1.82, 2.24) is 15.3 Å². The van der Waals surface area contributed by atoms with Crippen LogP contribution in [0.4, 0.5) is 5.95 Å². The standard InChI is InChI=1S/C14H24N4O2/c1-10(2)5-6-15-13(19)12-9-11(3)17-14(18-12)16-7-8-20-4/h9-10H,5-8H2,1-4H3,(H,15,19)(H,16,17,18). The van der Waals surface area contributed by atoms with E-state index in [1.54, 1.807) is 13.2 Å². The van der Waals surface area contributed by atoms with E-state index in [0.717, 1.165) is 12.1 Å². The number of nitrogens with one attached hydrogen (secondary N) is 2. The zero-order chi connectivity index (χ0) is 15.0. The lowest BCUT2D eigenvalue weighted by molar-refractivity contribution is 0.0947. The summed E-state index contributed by atoms with van der Waals surface area (Å²) in [7, 11) is 1.63. The number of hydrogen-bond acceptors (Lipinski definition) is 5. The third kappa shape index (κ3) is 5.97. The summed E-state index contributed by atoms with van der Waals surface area (Å²) in [5.41, 5.74) is 1.15. The van der Waals surface area contributed by atoms with Crippen molar-refractivity contribution in [3.63, 3.8) is 0 Å². The van der Waals surface area contributed by atoms with Gasteiger partial charge in [0.25, 0.3) is 5.91 Å². The van der Waals surface area contributed by atoms with E-state index >= 15 is 0 Å². The maximum absolute atomic E-state index is 12.0. The van der Waals surface area contributed by atoms with Crippen LogP contribution < -0.4 is 10.6 Å². The normalized spacial score (nSPS) is 10.7. The minimum Gasteiger partial charge on any atom is -0.383 e. The molecule has 0 atom stereocenters. The molecule has 1 aromatic heterocycles. The predicted octanol–water partition coefficient (Wildman–Crippen LogP) is 1.62. The zero-order valence-corrected chi connectivity index (χ0v) is 12.7. The van der Waals surface area contributed by atoms with Crippen molar-refractivity contribution in [2.24, 2.45) is 5.92 Å². The Balaban J connectivity index is 2.61. The lowest BCUT2D eigenvalue weighted by atomic mass is 10.1. The fraction of sp³-hybridized carbons (Fsp3) is 0.643. The van der Waals surface area contributed by atoms with Crippen LogP contribution in [-0.2, 0) is 4.74 Å². The van der Waals surface area contributed by atoms with Gasteiger partial charge in [-0.1, -0.05) is 13.8 Å². The third-order valence-corrected chi connectivity index (χ3v) is 2.68.